The average molecular weight is 430 g/mol. The average Bonchev–Trinajstić information content (AvgIpc) is 3.53. The van der Waals surface area contributed by atoms with E-state index >= 15 is 0 Å². The summed E-state index contributed by atoms with van der Waals surface area (Å²) in [5.74, 6) is -2.13. The standard InChI is InChI=1S/C22H24F2N4O3/c23-16-3-1-2-15(19(16)26)18(25)13-4-5-14(17(24)12-13)20(29)27-8-10-28(11-9-27)21(30)22(31)6-7-22/h1-5,12,18,31H,6-11,25-26H2. The van der Waals surface area contributed by atoms with Gasteiger partial charge in [-0.1, -0.05) is 18.2 Å². The minimum atomic E-state index is -1.24. The number of carbonyl (C=O) groups excluding carboxylic acids is 2. The zero-order valence-corrected chi connectivity index (χ0v) is 16.9. The zero-order valence-electron chi connectivity index (χ0n) is 16.9. The van der Waals surface area contributed by atoms with Gasteiger partial charge in [-0.25, -0.2) is 8.78 Å². The van der Waals surface area contributed by atoms with Crippen molar-refractivity contribution < 1.29 is 23.5 Å². The molecule has 2 amide bonds. The van der Waals surface area contributed by atoms with Crippen molar-refractivity contribution in [1.82, 2.24) is 9.80 Å². The van der Waals surface area contributed by atoms with Crippen LogP contribution in [0.4, 0.5) is 14.5 Å². The summed E-state index contributed by atoms with van der Waals surface area (Å²) in [6.45, 7) is 1.08. The summed E-state index contributed by atoms with van der Waals surface area (Å²) < 4.78 is 28.5. The Hall–Kier alpha value is -3.04. The van der Waals surface area contributed by atoms with Crippen LogP contribution in [0.5, 0.6) is 0 Å². The number of hydrogen-bond donors (Lipinski definition) is 3. The van der Waals surface area contributed by atoms with E-state index in [1.54, 1.807) is 11.0 Å². The van der Waals surface area contributed by atoms with Crippen molar-refractivity contribution in [2.24, 2.45) is 5.73 Å². The van der Waals surface area contributed by atoms with Crippen molar-refractivity contribution in [3.8, 4) is 0 Å². The predicted octanol–water partition coefficient (Wildman–Crippen LogP) is 1.40. The van der Waals surface area contributed by atoms with E-state index in [1.807, 2.05) is 0 Å². The van der Waals surface area contributed by atoms with E-state index in [0.717, 1.165) is 6.07 Å². The van der Waals surface area contributed by atoms with Crippen LogP contribution < -0.4 is 11.5 Å². The Labute approximate surface area is 178 Å². The fourth-order valence-electron chi connectivity index (χ4n) is 3.81. The lowest BCUT2D eigenvalue weighted by molar-refractivity contribution is -0.143. The van der Waals surface area contributed by atoms with Gasteiger partial charge in [-0.2, -0.15) is 0 Å². The third-order valence-corrected chi connectivity index (χ3v) is 5.98. The van der Waals surface area contributed by atoms with Gasteiger partial charge >= 0.3 is 0 Å². The van der Waals surface area contributed by atoms with Gasteiger partial charge in [-0.15, -0.1) is 0 Å². The van der Waals surface area contributed by atoms with E-state index in [0.29, 0.717) is 24.0 Å². The van der Waals surface area contributed by atoms with Gasteiger partial charge in [0.05, 0.1) is 17.3 Å². The number of carbonyl (C=O) groups is 2. The smallest absolute Gasteiger partial charge is 0.256 e. The highest BCUT2D eigenvalue weighted by Crippen LogP contribution is 2.37. The second-order valence-corrected chi connectivity index (χ2v) is 8.08. The van der Waals surface area contributed by atoms with Gasteiger partial charge in [-0.05, 0) is 42.2 Å². The molecule has 2 aromatic carbocycles. The molecule has 1 aliphatic heterocycles. The van der Waals surface area contributed by atoms with Crippen LogP contribution in [0.25, 0.3) is 0 Å². The topological polar surface area (TPSA) is 113 Å². The number of amides is 2. The molecule has 1 atom stereocenters. The lowest BCUT2D eigenvalue weighted by Crippen LogP contribution is -2.53. The molecule has 164 valence electrons. The molecular formula is C22H24F2N4O3. The maximum atomic E-state index is 14.8. The normalized spacial score (nSPS) is 18.6. The first-order valence-corrected chi connectivity index (χ1v) is 10.1. The summed E-state index contributed by atoms with van der Waals surface area (Å²) >= 11 is 0. The van der Waals surface area contributed by atoms with Gasteiger partial charge in [0.25, 0.3) is 11.8 Å². The number of anilines is 1. The predicted molar refractivity (Wildman–Crippen MR) is 110 cm³/mol. The van der Waals surface area contributed by atoms with Crippen molar-refractivity contribution in [1.29, 1.82) is 0 Å². The molecule has 0 bridgehead atoms. The molecule has 31 heavy (non-hydrogen) atoms. The van der Waals surface area contributed by atoms with E-state index in [4.69, 9.17) is 11.5 Å². The van der Waals surface area contributed by atoms with Crippen LogP contribution in [0.15, 0.2) is 36.4 Å². The van der Waals surface area contributed by atoms with Crippen molar-refractivity contribution in [2.45, 2.75) is 24.5 Å². The van der Waals surface area contributed by atoms with E-state index in [-0.39, 0.29) is 43.3 Å². The van der Waals surface area contributed by atoms with Crippen molar-refractivity contribution in [2.75, 3.05) is 31.9 Å². The molecule has 0 radical (unpaired) electrons. The van der Waals surface area contributed by atoms with Crippen LogP contribution in [0.1, 0.15) is 40.4 Å². The summed E-state index contributed by atoms with van der Waals surface area (Å²) in [6, 6.07) is 7.44. The first kappa shape index (κ1) is 21.2. The molecule has 4 rings (SSSR count). The number of nitrogens with zero attached hydrogens (tertiary/aromatic N) is 2. The van der Waals surface area contributed by atoms with Gasteiger partial charge in [0, 0.05) is 26.2 Å². The molecule has 2 fully saturated rings. The third-order valence-electron chi connectivity index (χ3n) is 5.98. The second-order valence-electron chi connectivity index (χ2n) is 8.08. The van der Waals surface area contributed by atoms with Gasteiger partial charge in [0.2, 0.25) is 0 Å². The Morgan fingerprint density at radius 2 is 1.65 bits per heavy atom. The number of halogens is 2. The molecule has 1 saturated carbocycles. The van der Waals surface area contributed by atoms with Gasteiger partial charge in [0.15, 0.2) is 0 Å². The zero-order chi connectivity index (χ0) is 22.3. The van der Waals surface area contributed by atoms with Gasteiger partial charge in [-0.3, -0.25) is 9.59 Å². The summed E-state index contributed by atoms with van der Waals surface area (Å²) in [7, 11) is 0. The lowest BCUT2D eigenvalue weighted by Gasteiger charge is -2.35. The summed E-state index contributed by atoms with van der Waals surface area (Å²) in [5.41, 5.74) is 11.1. The largest absolute Gasteiger partial charge is 0.396 e. The molecule has 0 aromatic heterocycles. The van der Waals surface area contributed by atoms with Crippen LogP contribution in [0, 0.1) is 11.6 Å². The summed E-state index contributed by atoms with van der Waals surface area (Å²) in [6.07, 6.45) is 0.928. The van der Waals surface area contributed by atoms with Gasteiger partial charge < -0.3 is 26.4 Å². The van der Waals surface area contributed by atoms with Gasteiger partial charge in [0.1, 0.15) is 17.2 Å². The number of aliphatic hydroxyl groups is 1. The Bertz CT molecular complexity index is 1030. The molecule has 1 heterocycles. The molecule has 7 nitrogen and oxygen atoms in total. The molecule has 1 unspecified atom stereocenters. The molecular weight excluding hydrogens is 406 g/mol. The van der Waals surface area contributed by atoms with Crippen LogP contribution in [-0.2, 0) is 4.79 Å². The molecule has 2 aliphatic rings. The van der Waals surface area contributed by atoms with Crippen LogP contribution >= 0.6 is 0 Å². The van der Waals surface area contributed by atoms with Crippen molar-refractivity contribution >= 4 is 17.5 Å². The minimum Gasteiger partial charge on any atom is -0.396 e. The van der Waals surface area contributed by atoms with Crippen molar-refractivity contribution in [3.63, 3.8) is 0 Å². The quantitative estimate of drug-likeness (QED) is 0.635. The number of nitrogens with two attached hydrogens (primary N) is 2. The Morgan fingerprint density at radius 3 is 2.26 bits per heavy atom. The molecule has 0 spiro atoms. The summed E-state index contributed by atoms with van der Waals surface area (Å²) in [5, 5.41) is 9.96. The number of rotatable bonds is 4. The molecule has 1 saturated heterocycles. The Morgan fingerprint density at radius 1 is 1.00 bits per heavy atom. The van der Waals surface area contributed by atoms with E-state index in [9.17, 15) is 23.5 Å². The molecule has 2 aromatic rings. The second kappa shape index (κ2) is 7.90. The number of hydrogen-bond acceptors (Lipinski definition) is 5. The Balaban J connectivity index is 1.45. The van der Waals surface area contributed by atoms with Crippen LogP contribution in [-0.4, -0.2) is 58.5 Å². The fraction of sp³-hybridized carbons (Fsp3) is 0.364. The molecule has 5 N–H and O–H groups in total. The maximum Gasteiger partial charge on any atom is 0.256 e. The molecule has 9 heteroatoms. The third kappa shape index (κ3) is 3.98. The van der Waals surface area contributed by atoms with Crippen molar-refractivity contribution in [3.05, 3.63) is 64.7 Å². The first-order valence-electron chi connectivity index (χ1n) is 10.1. The van der Waals surface area contributed by atoms with Crippen LogP contribution in [0.3, 0.4) is 0 Å². The van der Waals surface area contributed by atoms with E-state index in [1.165, 1.54) is 29.2 Å². The minimum absolute atomic E-state index is 0.0983. The highest BCUT2D eigenvalue weighted by atomic mass is 19.1. The highest BCUT2D eigenvalue weighted by Gasteiger charge is 2.50. The number of nitrogen functional groups attached to an aromatic ring is 1. The van der Waals surface area contributed by atoms with E-state index < -0.39 is 29.2 Å². The Kier molecular flexibility index (Phi) is 5.40. The monoisotopic (exact) mass is 430 g/mol. The maximum absolute atomic E-state index is 14.8. The number of piperazine rings is 1. The highest BCUT2D eigenvalue weighted by molar-refractivity contribution is 5.95. The first-order chi connectivity index (χ1) is 14.7. The summed E-state index contributed by atoms with van der Waals surface area (Å²) in [4.78, 5) is 28.0. The number of benzene rings is 2. The van der Waals surface area contributed by atoms with E-state index in [2.05, 4.69) is 0 Å². The lowest BCUT2D eigenvalue weighted by atomic mass is 9.96. The fourth-order valence-corrected chi connectivity index (χ4v) is 3.81. The SMILES string of the molecule is Nc1c(F)cccc1C(N)c1ccc(C(=O)N2CCN(C(=O)C3(O)CC3)CC2)c(F)c1. The number of para-hydroxylation sites is 1. The van der Waals surface area contributed by atoms with Crippen LogP contribution in [0.2, 0.25) is 0 Å². The molecule has 1 aliphatic carbocycles.